The van der Waals surface area contributed by atoms with E-state index in [1.165, 1.54) is 62.4 Å². The maximum atomic E-state index is 13.6. The molecular formula is C26H36FN5OS. The number of benzene rings is 1. The van der Waals surface area contributed by atoms with E-state index >= 15 is 0 Å². The van der Waals surface area contributed by atoms with Gasteiger partial charge < -0.3 is 5.32 Å². The molecule has 6 nitrogen and oxygen atoms in total. The van der Waals surface area contributed by atoms with Crippen LogP contribution < -0.4 is 5.32 Å². The maximum absolute atomic E-state index is 13.6. The molecule has 0 spiro atoms. The van der Waals surface area contributed by atoms with Crippen LogP contribution >= 0.6 is 11.8 Å². The van der Waals surface area contributed by atoms with Crippen molar-refractivity contribution in [1.29, 1.82) is 0 Å². The molecule has 184 valence electrons. The Bertz CT molecular complexity index is 1000. The fourth-order valence-corrected chi connectivity index (χ4v) is 7.75. The van der Waals surface area contributed by atoms with Gasteiger partial charge in [-0.25, -0.2) is 4.39 Å². The molecule has 4 fully saturated rings. The fourth-order valence-electron chi connectivity index (χ4n) is 6.98. The molecule has 34 heavy (non-hydrogen) atoms. The van der Waals surface area contributed by atoms with Crippen molar-refractivity contribution in [3.63, 3.8) is 0 Å². The molecule has 2 unspecified atom stereocenters. The number of amides is 1. The summed E-state index contributed by atoms with van der Waals surface area (Å²) in [5.74, 6) is 3.41. The zero-order chi connectivity index (χ0) is 24.0. The minimum absolute atomic E-state index is 0.0110. The molecule has 0 radical (unpaired) electrons. The summed E-state index contributed by atoms with van der Waals surface area (Å²) in [6, 6.07) is 6.54. The van der Waals surface area contributed by atoms with Crippen LogP contribution in [0.25, 0.3) is 5.69 Å². The van der Waals surface area contributed by atoms with Crippen molar-refractivity contribution in [2.75, 3.05) is 19.8 Å². The van der Waals surface area contributed by atoms with E-state index in [-0.39, 0.29) is 35.0 Å². The fraction of sp³-hybridized carbons (Fsp3) is 0.654. The lowest BCUT2D eigenvalue weighted by Gasteiger charge is -2.59. The molecule has 0 saturated heterocycles. The molecule has 1 heterocycles. The lowest BCUT2D eigenvalue weighted by molar-refractivity contribution is -0.123. The predicted octanol–water partition coefficient (Wildman–Crippen LogP) is 4.84. The van der Waals surface area contributed by atoms with Gasteiger partial charge in [0.1, 0.15) is 5.82 Å². The van der Waals surface area contributed by atoms with Crippen LogP contribution in [0, 0.1) is 29.0 Å². The third kappa shape index (κ3) is 4.51. The summed E-state index contributed by atoms with van der Waals surface area (Å²) >= 11 is 1.39. The van der Waals surface area contributed by atoms with Crippen molar-refractivity contribution in [3.05, 3.63) is 35.9 Å². The predicted molar refractivity (Wildman–Crippen MR) is 132 cm³/mol. The van der Waals surface area contributed by atoms with Gasteiger partial charge >= 0.3 is 0 Å². The lowest BCUT2D eigenvalue weighted by Crippen LogP contribution is -2.56. The van der Waals surface area contributed by atoms with Crippen LogP contribution in [0.15, 0.2) is 29.4 Å². The number of aromatic nitrogens is 3. The molecule has 4 bridgehead atoms. The van der Waals surface area contributed by atoms with E-state index in [9.17, 15) is 9.18 Å². The Balaban J connectivity index is 1.28. The molecule has 0 aliphatic heterocycles. The average Bonchev–Trinajstić information content (AvgIpc) is 3.20. The second kappa shape index (κ2) is 9.26. The first-order valence-electron chi connectivity index (χ1n) is 12.5. The van der Waals surface area contributed by atoms with Crippen LogP contribution in [0.1, 0.15) is 64.2 Å². The first-order valence-corrected chi connectivity index (χ1v) is 13.5. The Morgan fingerprint density at radius 2 is 1.71 bits per heavy atom. The third-order valence-corrected chi connectivity index (χ3v) is 9.53. The Morgan fingerprint density at radius 1 is 1.12 bits per heavy atom. The Labute approximate surface area is 206 Å². The number of hydrogen-bond acceptors (Lipinski definition) is 5. The van der Waals surface area contributed by atoms with Gasteiger partial charge in [-0.3, -0.25) is 14.3 Å². The summed E-state index contributed by atoms with van der Waals surface area (Å²) in [7, 11) is 3.97. The standard InChI is InChI=1S/C26H36FN5OS/c1-16(31(3)4)24-29-30-25(32(24)22-7-5-21(27)6-8-22)34-15-23(33)28-17(2)26-12-18-9-19(13-26)11-20(10-18)14-26/h5-8,16-20H,9-15H2,1-4H3,(H,28,33). The maximum Gasteiger partial charge on any atom is 0.230 e. The van der Waals surface area contributed by atoms with E-state index in [2.05, 4.69) is 34.3 Å². The van der Waals surface area contributed by atoms with Gasteiger partial charge in [-0.2, -0.15) is 0 Å². The smallest absolute Gasteiger partial charge is 0.230 e. The van der Waals surface area contributed by atoms with Crippen molar-refractivity contribution in [1.82, 2.24) is 25.0 Å². The topological polar surface area (TPSA) is 63.1 Å². The van der Waals surface area contributed by atoms with Gasteiger partial charge in [-0.05, 0) is 114 Å². The van der Waals surface area contributed by atoms with E-state index in [0.29, 0.717) is 5.16 Å². The highest BCUT2D eigenvalue weighted by Crippen LogP contribution is 2.61. The van der Waals surface area contributed by atoms with Crippen LogP contribution in [0.3, 0.4) is 0 Å². The van der Waals surface area contributed by atoms with E-state index in [0.717, 1.165) is 29.3 Å². The van der Waals surface area contributed by atoms with Gasteiger partial charge in [-0.1, -0.05) is 11.8 Å². The van der Waals surface area contributed by atoms with Crippen LogP contribution in [0.4, 0.5) is 4.39 Å². The normalized spacial score (nSPS) is 29.4. The molecular weight excluding hydrogens is 449 g/mol. The highest BCUT2D eigenvalue weighted by Gasteiger charge is 2.53. The Morgan fingerprint density at radius 3 is 2.26 bits per heavy atom. The third-order valence-electron chi connectivity index (χ3n) is 8.61. The van der Waals surface area contributed by atoms with Gasteiger partial charge in [0, 0.05) is 11.7 Å². The van der Waals surface area contributed by atoms with E-state index in [4.69, 9.17) is 0 Å². The summed E-state index contributed by atoms with van der Waals surface area (Å²) in [5.41, 5.74) is 1.08. The van der Waals surface area contributed by atoms with Crippen LogP contribution in [-0.4, -0.2) is 51.5 Å². The largest absolute Gasteiger partial charge is 0.352 e. The summed E-state index contributed by atoms with van der Waals surface area (Å²) in [6.07, 6.45) is 8.04. The molecule has 4 aliphatic carbocycles. The van der Waals surface area contributed by atoms with Crippen molar-refractivity contribution in [3.8, 4) is 5.69 Å². The molecule has 1 aromatic carbocycles. The summed E-state index contributed by atoms with van der Waals surface area (Å²) in [4.78, 5) is 15.1. The quantitative estimate of drug-likeness (QED) is 0.542. The zero-order valence-corrected chi connectivity index (χ0v) is 21.4. The SMILES string of the molecule is CC(c1nnc(SCC(=O)NC(C)C23CC4CC(CC(C4)C2)C3)n1-c1ccc(F)cc1)N(C)C. The molecule has 1 N–H and O–H groups in total. The minimum atomic E-state index is -0.286. The first-order chi connectivity index (χ1) is 16.2. The molecule has 1 amide bonds. The van der Waals surface area contributed by atoms with Gasteiger partial charge in [0.25, 0.3) is 0 Å². The van der Waals surface area contributed by atoms with Gasteiger partial charge in [-0.15, -0.1) is 10.2 Å². The Kier molecular flexibility index (Phi) is 6.48. The number of thioether (sulfide) groups is 1. The number of nitrogens with zero attached hydrogens (tertiary/aromatic N) is 4. The van der Waals surface area contributed by atoms with Crippen molar-refractivity contribution >= 4 is 17.7 Å². The van der Waals surface area contributed by atoms with Crippen molar-refractivity contribution in [2.24, 2.45) is 23.2 Å². The molecule has 2 aromatic rings. The van der Waals surface area contributed by atoms with E-state index < -0.39 is 0 Å². The summed E-state index contributed by atoms with van der Waals surface area (Å²) in [5, 5.41) is 12.8. The van der Waals surface area contributed by atoms with E-state index in [1.807, 2.05) is 18.7 Å². The molecule has 2 atom stereocenters. The monoisotopic (exact) mass is 485 g/mol. The summed E-state index contributed by atoms with van der Waals surface area (Å²) in [6.45, 7) is 4.27. The molecule has 6 rings (SSSR count). The van der Waals surface area contributed by atoms with Gasteiger partial charge in [0.2, 0.25) is 5.91 Å². The van der Waals surface area contributed by atoms with Crippen molar-refractivity contribution < 1.29 is 9.18 Å². The number of nitrogens with one attached hydrogen (secondary N) is 1. The van der Waals surface area contributed by atoms with Gasteiger partial charge in [0.05, 0.1) is 11.8 Å². The van der Waals surface area contributed by atoms with Crippen LogP contribution in [-0.2, 0) is 4.79 Å². The number of carbonyl (C=O) groups is 1. The number of hydrogen-bond donors (Lipinski definition) is 1. The second-order valence-corrected chi connectivity index (χ2v) is 12.1. The van der Waals surface area contributed by atoms with E-state index in [1.54, 1.807) is 12.1 Å². The Hall–Kier alpha value is -1.93. The summed E-state index contributed by atoms with van der Waals surface area (Å²) < 4.78 is 15.5. The van der Waals surface area contributed by atoms with Crippen LogP contribution in [0.5, 0.6) is 0 Å². The van der Waals surface area contributed by atoms with Crippen molar-refractivity contribution in [2.45, 2.75) is 69.6 Å². The highest BCUT2D eigenvalue weighted by atomic mass is 32.2. The number of carbonyl (C=O) groups excluding carboxylic acids is 1. The average molecular weight is 486 g/mol. The minimum Gasteiger partial charge on any atom is -0.352 e. The molecule has 1 aromatic heterocycles. The first kappa shape index (κ1) is 23.8. The number of rotatable bonds is 8. The van der Waals surface area contributed by atoms with Gasteiger partial charge in [0.15, 0.2) is 11.0 Å². The zero-order valence-electron chi connectivity index (χ0n) is 20.6. The molecule has 4 aliphatic rings. The number of halogens is 1. The second-order valence-electron chi connectivity index (χ2n) is 11.1. The highest BCUT2D eigenvalue weighted by molar-refractivity contribution is 7.99. The van der Waals surface area contributed by atoms with Crippen LogP contribution in [0.2, 0.25) is 0 Å². The lowest BCUT2D eigenvalue weighted by atomic mass is 9.48. The molecule has 8 heteroatoms. The molecule has 4 saturated carbocycles.